The largest absolute Gasteiger partial charge is 0.404 e. The van der Waals surface area contributed by atoms with Crippen LogP contribution >= 0.6 is 11.6 Å². The van der Waals surface area contributed by atoms with Crippen molar-refractivity contribution >= 4 is 17.4 Å². The van der Waals surface area contributed by atoms with Crippen LogP contribution in [-0.4, -0.2) is 18.0 Å². The molecule has 1 aliphatic rings. The van der Waals surface area contributed by atoms with Crippen molar-refractivity contribution in [3.63, 3.8) is 0 Å². The average molecular weight is 278 g/mol. The summed E-state index contributed by atoms with van der Waals surface area (Å²) in [6.07, 6.45) is -4.82. The SMILES string of the molecule is O=C1CC(c2ccc(Cl)cc2)NC(C(F)(F)F)C1. The fourth-order valence-electron chi connectivity index (χ4n) is 2.02. The van der Waals surface area contributed by atoms with Gasteiger partial charge in [-0.25, -0.2) is 0 Å². The van der Waals surface area contributed by atoms with Crippen molar-refractivity contribution in [1.29, 1.82) is 0 Å². The third-order valence-corrected chi connectivity index (χ3v) is 3.19. The summed E-state index contributed by atoms with van der Waals surface area (Å²) < 4.78 is 37.9. The van der Waals surface area contributed by atoms with E-state index in [0.29, 0.717) is 10.6 Å². The topological polar surface area (TPSA) is 29.1 Å². The van der Waals surface area contributed by atoms with Gasteiger partial charge in [0.2, 0.25) is 0 Å². The van der Waals surface area contributed by atoms with Crippen molar-refractivity contribution in [3.8, 4) is 0 Å². The smallest absolute Gasteiger partial charge is 0.300 e. The summed E-state index contributed by atoms with van der Waals surface area (Å²) in [7, 11) is 0. The Morgan fingerprint density at radius 1 is 1.17 bits per heavy atom. The van der Waals surface area contributed by atoms with Crippen molar-refractivity contribution in [1.82, 2.24) is 5.32 Å². The third-order valence-electron chi connectivity index (χ3n) is 2.93. The van der Waals surface area contributed by atoms with Crippen LogP contribution in [0.4, 0.5) is 13.2 Å². The highest BCUT2D eigenvalue weighted by Crippen LogP contribution is 2.31. The molecular formula is C12H11ClF3NO. The van der Waals surface area contributed by atoms with Crippen LogP contribution in [0, 0.1) is 0 Å². The second-order valence-electron chi connectivity index (χ2n) is 4.31. The van der Waals surface area contributed by atoms with Gasteiger partial charge >= 0.3 is 6.18 Å². The van der Waals surface area contributed by atoms with E-state index in [1.165, 1.54) is 0 Å². The van der Waals surface area contributed by atoms with E-state index in [4.69, 9.17) is 11.6 Å². The molecule has 1 aromatic rings. The molecule has 0 bridgehead atoms. The molecule has 0 radical (unpaired) electrons. The maximum absolute atomic E-state index is 12.6. The summed E-state index contributed by atoms with van der Waals surface area (Å²) in [6.45, 7) is 0. The van der Waals surface area contributed by atoms with Gasteiger partial charge in [-0.05, 0) is 17.7 Å². The highest BCUT2D eigenvalue weighted by Gasteiger charge is 2.44. The number of halogens is 4. The summed E-state index contributed by atoms with van der Waals surface area (Å²) in [5, 5.41) is 2.98. The Morgan fingerprint density at radius 2 is 1.78 bits per heavy atom. The minimum Gasteiger partial charge on any atom is -0.300 e. The number of benzene rings is 1. The van der Waals surface area contributed by atoms with Crippen LogP contribution in [0.25, 0.3) is 0 Å². The number of rotatable bonds is 1. The van der Waals surface area contributed by atoms with Gasteiger partial charge in [0.25, 0.3) is 0 Å². The van der Waals surface area contributed by atoms with Crippen LogP contribution in [-0.2, 0) is 4.79 Å². The van der Waals surface area contributed by atoms with Crippen molar-refractivity contribution in [2.75, 3.05) is 0 Å². The van der Waals surface area contributed by atoms with Crippen molar-refractivity contribution in [3.05, 3.63) is 34.9 Å². The highest BCUT2D eigenvalue weighted by atomic mass is 35.5. The molecule has 2 nitrogen and oxygen atoms in total. The van der Waals surface area contributed by atoms with Gasteiger partial charge in [-0.1, -0.05) is 23.7 Å². The summed E-state index contributed by atoms with van der Waals surface area (Å²) in [5.74, 6) is -0.379. The molecule has 2 unspecified atom stereocenters. The maximum atomic E-state index is 12.6. The Bertz CT molecular complexity index is 444. The monoisotopic (exact) mass is 277 g/mol. The molecule has 0 aliphatic carbocycles. The third kappa shape index (κ3) is 3.03. The number of piperidine rings is 1. The van der Waals surface area contributed by atoms with E-state index < -0.39 is 24.7 Å². The molecule has 1 N–H and O–H groups in total. The zero-order chi connectivity index (χ0) is 13.3. The van der Waals surface area contributed by atoms with Crippen LogP contribution < -0.4 is 5.32 Å². The first-order valence-electron chi connectivity index (χ1n) is 5.46. The van der Waals surface area contributed by atoms with Gasteiger partial charge in [0.1, 0.15) is 11.8 Å². The van der Waals surface area contributed by atoms with E-state index in [1.54, 1.807) is 24.3 Å². The lowest BCUT2D eigenvalue weighted by Gasteiger charge is -2.31. The quantitative estimate of drug-likeness (QED) is 0.854. The standard InChI is InChI=1S/C12H11ClF3NO/c13-8-3-1-7(2-4-8)10-5-9(18)6-11(17-10)12(14,15)16/h1-4,10-11,17H,5-6H2. The lowest BCUT2D eigenvalue weighted by molar-refractivity contribution is -0.167. The first kappa shape index (κ1) is 13.4. The number of Topliss-reactive ketones (excluding diaryl/α,β-unsaturated/α-hetero) is 1. The van der Waals surface area contributed by atoms with Crippen LogP contribution in [0.5, 0.6) is 0 Å². The molecule has 0 aromatic heterocycles. The maximum Gasteiger partial charge on any atom is 0.404 e. The number of carbonyl (C=O) groups is 1. The number of carbonyl (C=O) groups excluding carboxylic acids is 1. The van der Waals surface area contributed by atoms with Gasteiger partial charge in [0, 0.05) is 23.9 Å². The number of nitrogens with one attached hydrogen (secondary N) is 1. The van der Waals surface area contributed by atoms with Gasteiger partial charge in [-0.3, -0.25) is 10.1 Å². The molecule has 98 valence electrons. The van der Waals surface area contributed by atoms with E-state index in [1.807, 2.05) is 0 Å². The number of hydrogen-bond donors (Lipinski definition) is 1. The van der Waals surface area contributed by atoms with E-state index >= 15 is 0 Å². The van der Waals surface area contributed by atoms with E-state index in [2.05, 4.69) is 5.32 Å². The first-order valence-corrected chi connectivity index (χ1v) is 5.84. The predicted octanol–water partition coefficient (Wildman–Crippen LogP) is 3.26. The number of alkyl halides is 3. The summed E-state index contributed by atoms with van der Waals surface area (Å²) in [6, 6.07) is 4.09. The molecule has 1 aliphatic heterocycles. The van der Waals surface area contributed by atoms with Crippen molar-refractivity contribution < 1.29 is 18.0 Å². The minimum atomic E-state index is -4.40. The summed E-state index contributed by atoms with van der Waals surface area (Å²) >= 11 is 5.71. The second-order valence-corrected chi connectivity index (χ2v) is 4.75. The lowest BCUT2D eigenvalue weighted by Crippen LogP contribution is -2.49. The molecule has 1 aromatic carbocycles. The summed E-state index contributed by atoms with van der Waals surface area (Å²) in [4.78, 5) is 11.4. The van der Waals surface area contributed by atoms with Gasteiger partial charge in [-0.15, -0.1) is 0 Å². The Hall–Kier alpha value is -1.07. The van der Waals surface area contributed by atoms with Crippen molar-refractivity contribution in [2.24, 2.45) is 0 Å². The van der Waals surface area contributed by atoms with Crippen molar-refractivity contribution in [2.45, 2.75) is 31.1 Å². The Morgan fingerprint density at radius 3 is 2.33 bits per heavy atom. The number of hydrogen-bond acceptors (Lipinski definition) is 2. The fourth-order valence-corrected chi connectivity index (χ4v) is 2.14. The lowest BCUT2D eigenvalue weighted by atomic mass is 9.92. The van der Waals surface area contributed by atoms with E-state index in [9.17, 15) is 18.0 Å². The summed E-state index contributed by atoms with van der Waals surface area (Å²) in [5.41, 5.74) is 0.640. The Labute approximate surface area is 107 Å². The molecule has 2 rings (SSSR count). The molecule has 2 atom stereocenters. The molecule has 0 saturated carbocycles. The highest BCUT2D eigenvalue weighted by molar-refractivity contribution is 6.30. The molecule has 0 amide bonds. The average Bonchev–Trinajstić information content (AvgIpc) is 2.28. The zero-order valence-electron chi connectivity index (χ0n) is 9.30. The Kier molecular flexibility index (Phi) is 3.64. The van der Waals surface area contributed by atoms with Gasteiger partial charge in [0.05, 0.1) is 0 Å². The van der Waals surface area contributed by atoms with Gasteiger partial charge < -0.3 is 0 Å². The normalized spacial score (nSPS) is 25.2. The molecule has 1 fully saturated rings. The van der Waals surface area contributed by atoms with E-state index in [-0.39, 0.29) is 12.2 Å². The fraction of sp³-hybridized carbons (Fsp3) is 0.417. The van der Waals surface area contributed by atoms with Crippen LogP contribution in [0.2, 0.25) is 5.02 Å². The Balaban J connectivity index is 2.18. The molecule has 1 saturated heterocycles. The molecule has 0 spiro atoms. The minimum absolute atomic E-state index is 0.0776. The first-order chi connectivity index (χ1) is 8.36. The number of ketones is 1. The molecular weight excluding hydrogens is 267 g/mol. The van der Waals surface area contributed by atoms with Crippen LogP contribution in [0.15, 0.2) is 24.3 Å². The van der Waals surface area contributed by atoms with Crippen LogP contribution in [0.3, 0.4) is 0 Å². The van der Waals surface area contributed by atoms with Crippen LogP contribution in [0.1, 0.15) is 24.4 Å². The second kappa shape index (κ2) is 4.90. The molecule has 6 heteroatoms. The van der Waals surface area contributed by atoms with E-state index in [0.717, 1.165) is 0 Å². The molecule has 1 heterocycles. The van der Waals surface area contributed by atoms with Gasteiger partial charge in [-0.2, -0.15) is 13.2 Å². The zero-order valence-corrected chi connectivity index (χ0v) is 10.1. The molecule has 18 heavy (non-hydrogen) atoms. The van der Waals surface area contributed by atoms with Gasteiger partial charge in [0.15, 0.2) is 0 Å². The predicted molar refractivity (Wildman–Crippen MR) is 61.4 cm³/mol.